The van der Waals surface area contributed by atoms with Gasteiger partial charge in [-0.15, -0.1) is 0 Å². The normalized spacial score (nSPS) is 13.2. The number of carbonyl (C=O) groups is 4. The summed E-state index contributed by atoms with van der Waals surface area (Å²) in [5.41, 5.74) is 2.30. The number of rotatable bonds is 12. The molecule has 1 N–H and O–H groups in total. The molecule has 1 unspecified atom stereocenters. The van der Waals surface area contributed by atoms with Crippen molar-refractivity contribution in [2.24, 2.45) is 0 Å². The molecule has 0 bridgehead atoms. The van der Waals surface area contributed by atoms with Gasteiger partial charge in [0.15, 0.2) is 0 Å². The molecule has 1 heterocycles. The first-order valence-electron chi connectivity index (χ1n) is 13.3. The van der Waals surface area contributed by atoms with Crippen LogP contribution >= 0.6 is 23.2 Å². The van der Waals surface area contributed by atoms with Gasteiger partial charge in [-0.05, 0) is 48.2 Å². The smallest absolute Gasteiger partial charge is 0.261 e. The van der Waals surface area contributed by atoms with Crippen LogP contribution in [-0.4, -0.2) is 52.6 Å². The fraction of sp³-hybridized carbons (Fsp3) is 0.290. The zero-order chi connectivity index (χ0) is 28.6. The summed E-state index contributed by atoms with van der Waals surface area (Å²) in [6, 6.07) is 20.4. The van der Waals surface area contributed by atoms with Gasteiger partial charge in [-0.2, -0.15) is 0 Å². The quantitative estimate of drug-likeness (QED) is 0.285. The van der Waals surface area contributed by atoms with Gasteiger partial charge in [0.2, 0.25) is 11.8 Å². The molecule has 40 heavy (non-hydrogen) atoms. The topological polar surface area (TPSA) is 86.8 Å². The molecule has 7 nitrogen and oxygen atoms in total. The molecule has 0 saturated heterocycles. The Bertz CT molecular complexity index is 1360. The maximum Gasteiger partial charge on any atom is 0.261 e. The van der Waals surface area contributed by atoms with Crippen molar-refractivity contribution in [3.8, 4) is 0 Å². The zero-order valence-electron chi connectivity index (χ0n) is 22.2. The van der Waals surface area contributed by atoms with E-state index >= 15 is 0 Å². The molecule has 4 rings (SSSR count). The SMILES string of the molecule is CCCNC(=O)C(Cc1ccccc1)N(Cc1ccc(Cl)cc1Cl)C(=O)CCCN1C(=O)c2ccccc2C1=O. The minimum atomic E-state index is -0.799. The first kappa shape index (κ1) is 29.3. The summed E-state index contributed by atoms with van der Waals surface area (Å²) in [6.07, 6.45) is 1.35. The Kier molecular flexibility index (Phi) is 9.96. The van der Waals surface area contributed by atoms with Crippen LogP contribution in [0.3, 0.4) is 0 Å². The number of fused-ring (bicyclic) bond motifs is 1. The highest BCUT2D eigenvalue weighted by molar-refractivity contribution is 6.35. The number of halogens is 2. The van der Waals surface area contributed by atoms with Crippen LogP contribution in [0.25, 0.3) is 0 Å². The Hall–Kier alpha value is -3.68. The fourth-order valence-electron chi connectivity index (χ4n) is 4.73. The molecule has 0 aliphatic carbocycles. The van der Waals surface area contributed by atoms with E-state index in [2.05, 4.69) is 5.32 Å². The third-order valence-electron chi connectivity index (χ3n) is 6.83. The third kappa shape index (κ3) is 6.90. The van der Waals surface area contributed by atoms with E-state index in [1.165, 1.54) is 9.80 Å². The molecule has 9 heteroatoms. The standard InChI is InChI=1S/C31H31Cl2N3O4/c1-2-16-34-29(38)27(18-21-9-4-3-5-10-21)36(20-22-14-15-23(32)19-26(22)33)28(37)13-8-17-35-30(39)24-11-6-7-12-25(24)31(35)40/h3-7,9-12,14-15,19,27H,2,8,13,16-18,20H2,1H3,(H,34,38). The van der Waals surface area contributed by atoms with Gasteiger partial charge in [0, 0.05) is 42.5 Å². The van der Waals surface area contributed by atoms with Crippen molar-refractivity contribution in [3.63, 3.8) is 0 Å². The van der Waals surface area contributed by atoms with Gasteiger partial charge in [0.25, 0.3) is 11.8 Å². The molecular formula is C31H31Cl2N3O4. The number of benzene rings is 3. The molecule has 208 valence electrons. The number of amides is 4. The van der Waals surface area contributed by atoms with Crippen molar-refractivity contribution in [3.05, 3.63) is 105 Å². The molecular weight excluding hydrogens is 549 g/mol. The second-order valence-electron chi connectivity index (χ2n) is 9.66. The lowest BCUT2D eigenvalue weighted by Gasteiger charge is -2.32. The van der Waals surface area contributed by atoms with Crippen LogP contribution in [0.15, 0.2) is 72.8 Å². The number of hydrogen-bond donors (Lipinski definition) is 1. The molecule has 3 aromatic carbocycles. The summed E-state index contributed by atoms with van der Waals surface area (Å²) in [6.45, 7) is 2.63. The average molecular weight is 581 g/mol. The Balaban J connectivity index is 1.56. The molecule has 1 aliphatic heterocycles. The van der Waals surface area contributed by atoms with E-state index in [9.17, 15) is 19.2 Å². The number of nitrogens with zero attached hydrogens (tertiary/aromatic N) is 2. The molecule has 4 amide bonds. The minimum absolute atomic E-state index is 0.0327. The first-order valence-corrected chi connectivity index (χ1v) is 14.1. The second-order valence-corrected chi connectivity index (χ2v) is 10.5. The van der Waals surface area contributed by atoms with Gasteiger partial charge in [-0.3, -0.25) is 24.1 Å². The maximum absolute atomic E-state index is 13.8. The van der Waals surface area contributed by atoms with Gasteiger partial charge >= 0.3 is 0 Å². The summed E-state index contributed by atoms with van der Waals surface area (Å²) in [5.74, 6) is -1.27. The Morgan fingerprint density at radius 3 is 2.20 bits per heavy atom. The van der Waals surface area contributed by atoms with E-state index in [1.54, 1.807) is 42.5 Å². The fourth-order valence-corrected chi connectivity index (χ4v) is 5.20. The van der Waals surface area contributed by atoms with Gasteiger partial charge in [-0.25, -0.2) is 0 Å². The van der Waals surface area contributed by atoms with E-state index in [1.807, 2.05) is 37.3 Å². The van der Waals surface area contributed by atoms with Crippen LogP contribution in [0.4, 0.5) is 0 Å². The zero-order valence-corrected chi connectivity index (χ0v) is 23.8. The van der Waals surface area contributed by atoms with Gasteiger partial charge < -0.3 is 10.2 Å². The van der Waals surface area contributed by atoms with Crippen molar-refractivity contribution < 1.29 is 19.2 Å². The number of carbonyl (C=O) groups excluding carboxylic acids is 4. The van der Waals surface area contributed by atoms with Crippen LogP contribution in [0.2, 0.25) is 10.0 Å². The van der Waals surface area contributed by atoms with Crippen LogP contribution in [0, 0.1) is 0 Å². The van der Waals surface area contributed by atoms with Gasteiger partial charge in [0.05, 0.1) is 11.1 Å². The maximum atomic E-state index is 13.8. The average Bonchev–Trinajstić information content (AvgIpc) is 3.20. The van der Waals surface area contributed by atoms with Crippen LogP contribution in [-0.2, 0) is 22.6 Å². The predicted octanol–water partition coefficient (Wildman–Crippen LogP) is 5.54. The molecule has 1 atom stereocenters. The highest BCUT2D eigenvalue weighted by atomic mass is 35.5. The lowest BCUT2D eigenvalue weighted by Crippen LogP contribution is -2.50. The molecule has 0 radical (unpaired) electrons. The molecule has 0 aromatic heterocycles. The van der Waals surface area contributed by atoms with E-state index < -0.39 is 6.04 Å². The molecule has 0 saturated carbocycles. The monoisotopic (exact) mass is 579 g/mol. The second kappa shape index (κ2) is 13.6. The lowest BCUT2D eigenvalue weighted by atomic mass is 10.0. The minimum Gasteiger partial charge on any atom is -0.354 e. The summed E-state index contributed by atoms with van der Waals surface area (Å²) >= 11 is 12.6. The third-order valence-corrected chi connectivity index (χ3v) is 7.41. The predicted molar refractivity (Wildman–Crippen MR) is 155 cm³/mol. The van der Waals surface area contributed by atoms with Gasteiger partial charge in [-0.1, -0.05) is 78.7 Å². The van der Waals surface area contributed by atoms with Crippen molar-refractivity contribution >= 4 is 46.8 Å². The van der Waals surface area contributed by atoms with Crippen molar-refractivity contribution in [2.75, 3.05) is 13.1 Å². The number of imide groups is 1. The van der Waals surface area contributed by atoms with Crippen LogP contribution in [0.1, 0.15) is 58.0 Å². The highest BCUT2D eigenvalue weighted by Crippen LogP contribution is 2.26. The number of nitrogens with one attached hydrogen (secondary N) is 1. The van der Waals surface area contributed by atoms with Crippen molar-refractivity contribution in [2.45, 2.75) is 45.2 Å². The van der Waals surface area contributed by atoms with Crippen molar-refractivity contribution in [1.82, 2.24) is 15.1 Å². The lowest BCUT2D eigenvalue weighted by molar-refractivity contribution is -0.141. The Labute approximate surface area is 244 Å². The number of hydrogen-bond acceptors (Lipinski definition) is 4. The molecule has 1 aliphatic rings. The summed E-state index contributed by atoms with van der Waals surface area (Å²) in [7, 11) is 0. The molecule has 0 fully saturated rings. The van der Waals surface area contributed by atoms with E-state index in [4.69, 9.17) is 23.2 Å². The van der Waals surface area contributed by atoms with E-state index in [0.717, 1.165) is 12.0 Å². The Morgan fingerprint density at radius 1 is 0.925 bits per heavy atom. The summed E-state index contributed by atoms with van der Waals surface area (Å²) < 4.78 is 0. The van der Waals surface area contributed by atoms with Crippen molar-refractivity contribution in [1.29, 1.82) is 0 Å². The van der Waals surface area contributed by atoms with Gasteiger partial charge in [0.1, 0.15) is 6.04 Å². The molecule has 3 aromatic rings. The first-order chi connectivity index (χ1) is 19.3. The summed E-state index contributed by atoms with van der Waals surface area (Å²) in [4.78, 5) is 55.4. The largest absolute Gasteiger partial charge is 0.354 e. The van der Waals surface area contributed by atoms with Crippen LogP contribution in [0.5, 0.6) is 0 Å². The Morgan fingerprint density at radius 2 is 1.57 bits per heavy atom. The van der Waals surface area contributed by atoms with E-state index in [0.29, 0.717) is 39.7 Å². The molecule has 0 spiro atoms. The van der Waals surface area contributed by atoms with Crippen LogP contribution < -0.4 is 5.32 Å². The highest BCUT2D eigenvalue weighted by Gasteiger charge is 2.35. The summed E-state index contributed by atoms with van der Waals surface area (Å²) in [5, 5.41) is 3.79. The van der Waals surface area contributed by atoms with E-state index in [-0.39, 0.29) is 49.6 Å².